The van der Waals surface area contributed by atoms with Crippen LogP contribution in [0, 0.1) is 0 Å². The summed E-state index contributed by atoms with van der Waals surface area (Å²) in [5.74, 6) is -1.46. The maximum absolute atomic E-state index is 11.1. The van der Waals surface area contributed by atoms with Crippen LogP contribution >= 0.6 is 0 Å². The second-order valence-electron chi connectivity index (χ2n) is 3.41. The Morgan fingerprint density at radius 3 is 2.50 bits per heavy atom. The average Bonchev–Trinajstić information content (AvgIpc) is 2.20. The van der Waals surface area contributed by atoms with Crippen LogP contribution in [0.4, 0.5) is 0 Å². The molecule has 0 aliphatic rings. The van der Waals surface area contributed by atoms with Crippen molar-refractivity contribution in [3.63, 3.8) is 0 Å². The van der Waals surface area contributed by atoms with Crippen molar-refractivity contribution < 1.29 is 19.4 Å². The molecule has 0 aromatic carbocycles. The molecule has 0 fully saturated rings. The van der Waals surface area contributed by atoms with Crippen LogP contribution < -0.4 is 5.73 Å². The number of carbonyl (C=O) groups is 2. The summed E-state index contributed by atoms with van der Waals surface area (Å²) in [5, 5.41) is 8.46. The molecule has 0 aliphatic heterocycles. The Hall–Kier alpha value is -0.568. The monoisotopic (exact) mass is 247 g/mol. The standard InChI is InChI=1S/C10H19NO4.Al.3H/c1-2-3-4-7-15-9(12)6-5-8(11)10(13)14;;;;/h8H,2-7,11H2,1H3,(H,13,14);;;;/t8-;;;;/m0..../s1. The van der Waals surface area contributed by atoms with Crippen molar-refractivity contribution in [2.24, 2.45) is 5.73 Å². The van der Waals surface area contributed by atoms with Crippen LogP contribution in [-0.4, -0.2) is 47.1 Å². The summed E-state index contributed by atoms with van der Waals surface area (Å²) in [6.07, 6.45) is 3.15. The van der Waals surface area contributed by atoms with E-state index in [2.05, 4.69) is 6.92 Å². The summed E-state index contributed by atoms with van der Waals surface area (Å²) in [4.78, 5) is 21.4. The molecule has 1 atom stereocenters. The lowest BCUT2D eigenvalue weighted by Crippen LogP contribution is -2.30. The number of aliphatic carboxylic acids is 1. The third kappa shape index (κ3) is 9.97. The number of carbonyl (C=O) groups excluding carboxylic acids is 1. The molecule has 16 heavy (non-hydrogen) atoms. The molecule has 94 valence electrons. The minimum absolute atomic E-state index is 0. The van der Waals surface area contributed by atoms with Crippen LogP contribution in [0.15, 0.2) is 0 Å². The lowest BCUT2D eigenvalue weighted by atomic mass is 10.2. The fourth-order valence-corrected chi connectivity index (χ4v) is 1.01. The van der Waals surface area contributed by atoms with Gasteiger partial charge in [-0.1, -0.05) is 19.8 Å². The number of hydrogen-bond acceptors (Lipinski definition) is 4. The zero-order chi connectivity index (χ0) is 11.7. The van der Waals surface area contributed by atoms with Gasteiger partial charge in [0.05, 0.1) is 6.61 Å². The molecule has 0 amide bonds. The molecular weight excluding hydrogens is 225 g/mol. The van der Waals surface area contributed by atoms with Gasteiger partial charge in [-0.05, 0) is 12.8 Å². The second kappa shape index (κ2) is 10.9. The Morgan fingerprint density at radius 1 is 1.38 bits per heavy atom. The average molecular weight is 247 g/mol. The molecule has 0 aromatic rings. The Labute approximate surface area is 106 Å². The lowest BCUT2D eigenvalue weighted by molar-refractivity contribution is -0.144. The molecule has 0 rings (SSSR count). The van der Waals surface area contributed by atoms with E-state index in [0.717, 1.165) is 19.3 Å². The van der Waals surface area contributed by atoms with E-state index < -0.39 is 12.0 Å². The van der Waals surface area contributed by atoms with E-state index in [1.54, 1.807) is 0 Å². The van der Waals surface area contributed by atoms with E-state index in [1.807, 2.05) is 0 Å². The van der Waals surface area contributed by atoms with Gasteiger partial charge in [-0.25, -0.2) is 0 Å². The first-order valence-electron chi connectivity index (χ1n) is 5.22. The number of hydrogen-bond donors (Lipinski definition) is 2. The predicted octanol–water partition coefficient (Wildman–Crippen LogP) is -0.272. The van der Waals surface area contributed by atoms with E-state index in [-0.39, 0.29) is 36.2 Å². The molecule has 0 saturated carbocycles. The number of carboxylic acids is 1. The first-order chi connectivity index (χ1) is 7.07. The van der Waals surface area contributed by atoms with Gasteiger partial charge in [-0.15, -0.1) is 0 Å². The van der Waals surface area contributed by atoms with E-state index in [1.165, 1.54) is 0 Å². The summed E-state index contributed by atoms with van der Waals surface area (Å²) in [5.41, 5.74) is 5.23. The summed E-state index contributed by atoms with van der Waals surface area (Å²) < 4.78 is 4.89. The third-order valence-electron chi connectivity index (χ3n) is 1.99. The SMILES string of the molecule is CCCCCOC(=O)CC[C@H](N)C(=O)O.[AlH3]. The lowest BCUT2D eigenvalue weighted by Gasteiger charge is -2.06. The zero-order valence-electron chi connectivity index (χ0n) is 9.07. The molecule has 0 saturated heterocycles. The van der Waals surface area contributed by atoms with Crippen LogP contribution in [0.1, 0.15) is 39.0 Å². The first kappa shape index (κ1) is 17.8. The molecule has 0 aromatic heterocycles. The van der Waals surface area contributed by atoms with Crippen LogP contribution in [0.5, 0.6) is 0 Å². The summed E-state index contributed by atoms with van der Waals surface area (Å²) in [6, 6.07) is -0.979. The highest BCUT2D eigenvalue weighted by Gasteiger charge is 2.13. The van der Waals surface area contributed by atoms with Gasteiger partial charge in [0.1, 0.15) is 6.04 Å². The molecular formula is C10H22AlNO4. The number of unbranched alkanes of at least 4 members (excludes halogenated alkanes) is 2. The number of rotatable bonds is 8. The normalized spacial score (nSPS) is 11.4. The Morgan fingerprint density at radius 2 is 2.00 bits per heavy atom. The highest BCUT2D eigenvalue weighted by molar-refractivity contribution is 5.75. The summed E-state index contributed by atoms with van der Waals surface area (Å²) >= 11 is 0. The molecule has 0 aliphatic carbocycles. The molecule has 0 bridgehead atoms. The van der Waals surface area contributed by atoms with Gasteiger partial charge in [0, 0.05) is 6.42 Å². The molecule has 0 spiro atoms. The summed E-state index contributed by atoms with van der Waals surface area (Å²) in [6.45, 7) is 2.47. The number of esters is 1. The topological polar surface area (TPSA) is 89.6 Å². The van der Waals surface area contributed by atoms with E-state index in [0.29, 0.717) is 6.61 Å². The molecule has 3 N–H and O–H groups in total. The summed E-state index contributed by atoms with van der Waals surface area (Å²) in [7, 11) is 0. The van der Waals surface area contributed by atoms with Crippen LogP contribution in [0.2, 0.25) is 0 Å². The Balaban J connectivity index is 0. The highest BCUT2D eigenvalue weighted by Crippen LogP contribution is 2.00. The Kier molecular flexibility index (Phi) is 12.2. The van der Waals surface area contributed by atoms with Gasteiger partial charge in [-0.2, -0.15) is 0 Å². The van der Waals surface area contributed by atoms with E-state index >= 15 is 0 Å². The molecule has 6 heteroatoms. The van der Waals surface area contributed by atoms with Crippen LogP contribution in [-0.2, 0) is 14.3 Å². The number of ether oxygens (including phenoxy) is 1. The quantitative estimate of drug-likeness (QED) is 0.350. The second-order valence-corrected chi connectivity index (χ2v) is 3.41. The predicted molar refractivity (Wildman–Crippen MR) is 65.3 cm³/mol. The maximum Gasteiger partial charge on any atom is 0.320 e. The van der Waals surface area contributed by atoms with Gasteiger partial charge in [0.25, 0.3) is 0 Å². The fourth-order valence-electron chi connectivity index (χ4n) is 1.01. The van der Waals surface area contributed by atoms with Crippen molar-refractivity contribution >= 4 is 29.3 Å². The highest BCUT2D eigenvalue weighted by atomic mass is 27.0. The van der Waals surface area contributed by atoms with Gasteiger partial charge in [0.2, 0.25) is 0 Å². The van der Waals surface area contributed by atoms with Crippen molar-refractivity contribution in [3.8, 4) is 0 Å². The minimum Gasteiger partial charge on any atom is -0.480 e. The van der Waals surface area contributed by atoms with Gasteiger partial charge < -0.3 is 15.6 Å². The maximum atomic E-state index is 11.1. The third-order valence-corrected chi connectivity index (χ3v) is 1.99. The zero-order valence-corrected chi connectivity index (χ0v) is 9.07. The molecule has 0 radical (unpaired) electrons. The van der Waals surface area contributed by atoms with Gasteiger partial charge in [-0.3, -0.25) is 9.59 Å². The number of nitrogens with two attached hydrogens (primary N) is 1. The van der Waals surface area contributed by atoms with Gasteiger partial charge in [0.15, 0.2) is 17.4 Å². The van der Waals surface area contributed by atoms with Crippen LogP contribution in [0.25, 0.3) is 0 Å². The van der Waals surface area contributed by atoms with Crippen molar-refractivity contribution in [1.82, 2.24) is 0 Å². The van der Waals surface area contributed by atoms with Crippen molar-refractivity contribution in [2.75, 3.05) is 6.61 Å². The fraction of sp³-hybridized carbons (Fsp3) is 0.800. The molecule has 0 unspecified atom stereocenters. The smallest absolute Gasteiger partial charge is 0.320 e. The van der Waals surface area contributed by atoms with Gasteiger partial charge >= 0.3 is 11.9 Å². The number of carboxylic acid groups (broad SMARTS) is 1. The largest absolute Gasteiger partial charge is 0.480 e. The Bertz CT molecular complexity index is 211. The van der Waals surface area contributed by atoms with Crippen molar-refractivity contribution in [2.45, 2.75) is 45.1 Å². The molecule has 5 nitrogen and oxygen atoms in total. The van der Waals surface area contributed by atoms with Crippen molar-refractivity contribution in [1.29, 1.82) is 0 Å². The molecule has 0 heterocycles. The van der Waals surface area contributed by atoms with E-state index in [4.69, 9.17) is 15.6 Å². The minimum atomic E-state index is -1.09. The first-order valence-corrected chi connectivity index (χ1v) is 5.22. The van der Waals surface area contributed by atoms with Crippen molar-refractivity contribution in [3.05, 3.63) is 0 Å². The van der Waals surface area contributed by atoms with E-state index in [9.17, 15) is 9.59 Å². The van der Waals surface area contributed by atoms with Crippen LogP contribution in [0.3, 0.4) is 0 Å².